The quantitative estimate of drug-likeness (QED) is 0.935. The molecule has 5 heteroatoms. The summed E-state index contributed by atoms with van der Waals surface area (Å²) in [5.41, 5.74) is 1.56. The highest BCUT2D eigenvalue weighted by molar-refractivity contribution is 7.15. The van der Waals surface area contributed by atoms with Gasteiger partial charge in [-0.15, -0.1) is 11.3 Å². The minimum Gasteiger partial charge on any atom is -0.301 e. The Hall–Kier alpha value is -1.75. The van der Waals surface area contributed by atoms with Crippen molar-refractivity contribution in [1.82, 2.24) is 4.98 Å². The van der Waals surface area contributed by atoms with Crippen LogP contribution in [-0.2, 0) is 23.1 Å². The summed E-state index contributed by atoms with van der Waals surface area (Å²) in [5.74, 6) is -0.280. The van der Waals surface area contributed by atoms with Crippen LogP contribution in [0.3, 0.4) is 0 Å². The van der Waals surface area contributed by atoms with Gasteiger partial charge in [-0.2, -0.15) is 0 Å². The third-order valence-electron chi connectivity index (χ3n) is 4.65. The molecule has 0 bridgehead atoms. The van der Waals surface area contributed by atoms with Crippen molar-refractivity contribution in [3.05, 3.63) is 46.2 Å². The Morgan fingerprint density at radius 3 is 2.59 bits per heavy atom. The van der Waals surface area contributed by atoms with E-state index in [1.165, 1.54) is 29.9 Å². The zero-order valence-electron chi connectivity index (χ0n) is 12.2. The number of thiazole rings is 1. The number of hydrogen-bond acceptors (Lipinski definition) is 3. The van der Waals surface area contributed by atoms with Crippen molar-refractivity contribution in [3.8, 4) is 0 Å². The Bertz CT molecular complexity index is 695. The number of nitrogens with one attached hydrogen (secondary N) is 1. The second-order valence-corrected chi connectivity index (χ2v) is 7.22. The van der Waals surface area contributed by atoms with E-state index in [9.17, 15) is 9.18 Å². The van der Waals surface area contributed by atoms with Gasteiger partial charge >= 0.3 is 0 Å². The van der Waals surface area contributed by atoms with E-state index in [0.29, 0.717) is 5.13 Å². The summed E-state index contributed by atoms with van der Waals surface area (Å²) in [5, 5.41) is 3.70. The van der Waals surface area contributed by atoms with Crippen LogP contribution >= 0.6 is 11.3 Å². The van der Waals surface area contributed by atoms with E-state index in [2.05, 4.69) is 10.3 Å². The van der Waals surface area contributed by atoms with Crippen LogP contribution in [0.1, 0.15) is 41.8 Å². The van der Waals surface area contributed by atoms with Gasteiger partial charge in [-0.1, -0.05) is 12.1 Å². The van der Waals surface area contributed by atoms with Gasteiger partial charge in [-0.3, -0.25) is 4.79 Å². The van der Waals surface area contributed by atoms with Crippen molar-refractivity contribution in [2.24, 2.45) is 0 Å². The van der Waals surface area contributed by atoms with Gasteiger partial charge < -0.3 is 5.32 Å². The Morgan fingerprint density at radius 2 is 1.91 bits per heavy atom. The topological polar surface area (TPSA) is 42.0 Å². The molecule has 2 aromatic rings. The van der Waals surface area contributed by atoms with E-state index in [4.69, 9.17) is 0 Å². The Balaban J connectivity index is 1.54. The number of nitrogens with zero attached hydrogens (tertiary/aromatic N) is 1. The van der Waals surface area contributed by atoms with Crippen molar-refractivity contribution in [2.45, 2.75) is 43.9 Å². The standard InChI is InChI=1S/C17H17FN2OS/c18-12-7-5-11(6-8-12)17(9-10-17)15(21)20-16-19-13-3-1-2-4-14(13)22-16/h5-8H,1-4,9-10H2,(H,19,20,21). The molecule has 0 radical (unpaired) electrons. The first kappa shape index (κ1) is 13.9. The normalized spacial score (nSPS) is 18.6. The molecule has 1 aromatic carbocycles. The van der Waals surface area contributed by atoms with E-state index in [1.54, 1.807) is 23.5 Å². The first-order valence-electron chi connectivity index (χ1n) is 7.73. The van der Waals surface area contributed by atoms with Crippen molar-refractivity contribution in [1.29, 1.82) is 0 Å². The minimum atomic E-state index is -0.486. The number of carbonyl (C=O) groups is 1. The van der Waals surface area contributed by atoms with Crippen molar-refractivity contribution in [3.63, 3.8) is 0 Å². The van der Waals surface area contributed by atoms with E-state index < -0.39 is 5.41 Å². The molecule has 1 N–H and O–H groups in total. The maximum Gasteiger partial charge on any atom is 0.236 e. The SMILES string of the molecule is O=C(Nc1nc2c(s1)CCCC2)C1(c2ccc(F)cc2)CC1. The van der Waals surface area contributed by atoms with Crippen molar-refractivity contribution in [2.75, 3.05) is 5.32 Å². The minimum absolute atomic E-state index is 0.00907. The lowest BCUT2D eigenvalue weighted by molar-refractivity contribution is -0.118. The Kier molecular flexibility index (Phi) is 3.26. The molecule has 1 heterocycles. The third kappa shape index (κ3) is 2.33. The largest absolute Gasteiger partial charge is 0.301 e. The first-order chi connectivity index (χ1) is 10.7. The van der Waals surface area contributed by atoms with Crippen LogP contribution in [0.15, 0.2) is 24.3 Å². The van der Waals surface area contributed by atoms with Crippen LogP contribution in [0.4, 0.5) is 9.52 Å². The molecule has 1 amide bonds. The predicted molar refractivity (Wildman–Crippen MR) is 84.7 cm³/mol. The molecule has 3 nitrogen and oxygen atoms in total. The third-order valence-corrected chi connectivity index (χ3v) is 5.72. The van der Waals surface area contributed by atoms with Crippen LogP contribution in [0.5, 0.6) is 0 Å². The van der Waals surface area contributed by atoms with Gasteiger partial charge in [0.1, 0.15) is 5.82 Å². The second kappa shape index (κ2) is 5.16. The number of anilines is 1. The zero-order valence-corrected chi connectivity index (χ0v) is 13.0. The summed E-state index contributed by atoms with van der Waals surface area (Å²) >= 11 is 1.60. The number of fused-ring (bicyclic) bond motifs is 1. The number of amides is 1. The first-order valence-corrected chi connectivity index (χ1v) is 8.55. The van der Waals surface area contributed by atoms with Gasteiger partial charge in [0, 0.05) is 4.88 Å². The summed E-state index contributed by atoms with van der Waals surface area (Å²) in [6.07, 6.45) is 6.12. The van der Waals surface area contributed by atoms with Gasteiger partial charge in [0.2, 0.25) is 5.91 Å². The van der Waals surface area contributed by atoms with Crippen LogP contribution in [0.25, 0.3) is 0 Å². The Labute approximate surface area is 132 Å². The highest BCUT2D eigenvalue weighted by Crippen LogP contribution is 2.49. The van der Waals surface area contributed by atoms with E-state index in [1.807, 2.05) is 0 Å². The molecule has 1 aromatic heterocycles. The van der Waals surface area contributed by atoms with Gasteiger partial charge in [-0.25, -0.2) is 9.37 Å². The molecular weight excluding hydrogens is 299 g/mol. The average molecular weight is 316 g/mol. The predicted octanol–water partition coefficient (Wildman–Crippen LogP) is 3.83. The van der Waals surface area contributed by atoms with Gasteiger partial charge in [-0.05, 0) is 56.2 Å². The molecular formula is C17H17FN2OS. The molecule has 1 saturated carbocycles. The summed E-state index contributed by atoms with van der Waals surface area (Å²) in [6, 6.07) is 6.28. The maximum absolute atomic E-state index is 13.1. The molecule has 2 aliphatic rings. The lowest BCUT2D eigenvalue weighted by Crippen LogP contribution is -2.27. The molecule has 1 fully saturated rings. The average Bonchev–Trinajstić information content (AvgIpc) is 3.23. The van der Waals surface area contributed by atoms with Crippen LogP contribution in [0, 0.1) is 5.82 Å². The van der Waals surface area contributed by atoms with Crippen LogP contribution < -0.4 is 5.32 Å². The maximum atomic E-state index is 13.1. The van der Waals surface area contributed by atoms with E-state index in [0.717, 1.165) is 36.9 Å². The molecule has 0 saturated heterocycles. The number of rotatable bonds is 3. The Morgan fingerprint density at radius 1 is 1.18 bits per heavy atom. The molecule has 22 heavy (non-hydrogen) atoms. The fourth-order valence-corrected chi connectivity index (χ4v) is 4.21. The monoisotopic (exact) mass is 316 g/mol. The summed E-state index contributed by atoms with van der Waals surface area (Å²) in [6.45, 7) is 0. The summed E-state index contributed by atoms with van der Waals surface area (Å²) in [4.78, 5) is 18.5. The molecule has 114 valence electrons. The molecule has 0 atom stereocenters. The number of aromatic nitrogens is 1. The van der Waals surface area contributed by atoms with Crippen LogP contribution in [0.2, 0.25) is 0 Å². The number of hydrogen-bond donors (Lipinski definition) is 1. The van der Waals surface area contributed by atoms with Crippen LogP contribution in [-0.4, -0.2) is 10.9 Å². The molecule has 4 rings (SSSR count). The summed E-state index contributed by atoms with van der Waals surface area (Å²) in [7, 11) is 0. The lowest BCUT2D eigenvalue weighted by Gasteiger charge is -2.14. The van der Waals surface area contributed by atoms with Gasteiger partial charge in [0.05, 0.1) is 11.1 Å². The number of aryl methyl sites for hydroxylation is 2. The van der Waals surface area contributed by atoms with E-state index >= 15 is 0 Å². The molecule has 0 unspecified atom stereocenters. The fourth-order valence-electron chi connectivity index (χ4n) is 3.16. The summed E-state index contributed by atoms with van der Waals surface area (Å²) < 4.78 is 13.1. The van der Waals surface area contributed by atoms with Crippen molar-refractivity contribution >= 4 is 22.4 Å². The smallest absolute Gasteiger partial charge is 0.236 e. The molecule has 2 aliphatic carbocycles. The highest BCUT2D eigenvalue weighted by Gasteiger charge is 2.51. The molecule has 0 aliphatic heterocycles. The highest BCUT2D eigenvalue weighted by atomic mass is 32.1. The zero-order chi connectivity index (χ0) is 15.2. The number of carbonyl (C=O) groups excluding carboxylic acids is 1. The van der Waals surface area contributed by atoms with E-state index in [-0.39, 0.29) is 11.7 Å². The number of benzene rings is 1. The second-order valence-electron chi connectivity index (χ2n) is 6.14. The van der Waals surface area contributed by atoms with Crippen molar-refractivity contribution < 1.29 is 9.18 Å². The lowest BCUT2D eigenvalue weighted by atomic mass is 9.95. The fraction of sp³-hybridized carbons (Fsp3) is 0.412. The molecule has 0 spiro atoms. The van der Waals surface area contributed by atoms with Gasteiger partial charge in [0.25, 0.3) is 0 Å². The number of halogens is 1. The van der Waals surface area contributed by atoms with Gasteiger partial charge in [0.15, 0.2) is 5.13 Å².